The lowest BCUT2D eigenvalue weighted by Gasteiger charge is -2.23. The first-order valence-corrected chi connectivity index (χ1v) is 58.8. The zero-order valence-corrected chi connectivity index (χ0v) is 94.1. The Morgan fingerprint density at radius 2 is 0.514 bits per heavy atom. The molecule has 30 heteroatoms. The van der Waals surface area contributed by atoms with E-state index in [9.17, 15) is 0 Å². The van der Waals surface area contributed by atoms with Crippen LogP contribution in [0.3, 0.4) is 0 Å². The third-order valence-electron chi connectivity index (χ3n) is 27.9. The highest BCUT2D eigenvalue weighted by Gasteiger charge is 2.35. The van der Waals surface area contributed by atoms with Crippen molar-refractivity contribution < 1.29 is 37.9 Å². The number of hydrogen-bond donors (Lipinski definition) is 8. The van der Waals surface area contributed by atoms with Crippen molar-refractivity contribution in [3.63, 3.8) is 0 Å². The van der Waals surface area contributed by atoms with Crippen molar-refractivity contribution in [2.24, 2.45) is 22.9 Å². The van der Waals surface area contributed by atoms with Gasteiger partial charge in [-0.25, -0.2) is 0 Å². The van der Waals surface area contributed by atoms with Gasteiger partial charge in [0.2, 0.25) is 0 Å². The number of hydrogen-bond acceptors (Lipinski definition) is 24. The van der Waals surface area contributed by atoms with Gasteiger partial charge in [-0.15, -0.1) is 90.7 Å². The van der Waals surface area contributed by atoms with E-state index in [1.165, 1.54) is 177 Å². The lowest BCUT2D eigenvalue weighted by Crippen LogP contribution is -2.24. The molecule has 764 valence electrons. The summed E-state index contributed by atoms with van der Waals surface area (Å²) in [6.45, 7) is 20.4. The second kappa shape index (κ2) is 49.4. The maximum atomic E-state index is 6.37. The highest BCUT2D eigenvalue weighted by Crippen LogP contribution is 2.52. The Morgan fingerprint density at radius 3 is 0.856 bits per heavy atom. The molecule has 18 aromatic rings. The van der Waals surface area contributed by atoms with Crippen LogP contribution in [0.25, 0.3) is 103 Å². The normalized spacial score (nSPS) is 19.0. The van der Waals surface area contributed by atoms with Crippen LogP contribution in [0, 0.1) is 27.7 Å². The maximum Gasteiger partial charge on any atom is 0.0966 e. The van der Waals surface area contributed by atoms with Crippen molar-refractivity contribution >= 4 is 241 Å². The summed E-state index contributed by atoms with van der Waals surface area (Å²) in [6, 6.07) is 63.9. The molecular formula is C116H122Cl6N8O8S8. The Hall–Kier alpha value is -7.02. The summed E-state index contributed by atoms with van der Waals surface area (Å²) in [5.41, 5.74) is 43.8. The molecule has 0 saturated carbocycles. The zero-order valence-electron chi connectivity index (χ0n) is 83.0. The van der Waals surface area contributed by atoms with Gasteiger partial charge in [0.05, 0.1) is 122 Å². The Kier molecular flexibility index (Phi) is 36.3. The van der Waals surface area contributed by atoms with Gasteiger partial charge in [0.15, 0.2) is 0 Å². The van der Waals surface area contributed by atoms with Crippen LogP contribution in [0.1, 0.15) is 155 Å². The summed E-state index contributed by atoms with van der Waals surface area (Å²) < 4.78 is 57.2. The van der Waals surface area contributed by atoms with Crippen LogP contribution in [0.2, 0.25) is 30.1 Å². The summed E-state index contributed by atoms with van der Waals surface area (Å²) >= 11 is 52.3. The molecule has 26 rings (SSSR count). The number of nitrogens with two attached hydrogens (primary N) is 4. The molecule has 0 bridgehead atoms. The second-order valence-corrected chi connectivity index (χ2v) is 48.7. The topological polar surface area (TPSA) is 226 Å². The molecule has 0 saturated heterocycles. The van der Waals surface area contributed by atoms with E-state index in [2.05, 4.69) is 194 Å². The van der Waals surface area contributed by atoms with Crippen LogP contribution in [-0.2, 0) is 89.3 Å². The first kappa shape index (κ1) is 107. The van der Waals surface area contributed by atoms with Gasteiger partial charge in [-0.05, 0) is 195 Å². The van der Waals surface area contributed by atoms with Crippen molar-refractivity contribution in [1.82, 2.24) is 21.3 Å². The molecule has 10 aromatic carbocycles. The van der Waals surface area contributed by atoms with Gasteiger partial charge in [0, 0.05) is 256 Å². The van der Waals surface area contributed by atoms with Gasteiger partial charge in [-0.2, -0.15) is 0 Å². The smallest absolute Gasteiger partial charge is 0.0966 e. The first-order valence-electron chi connectivity index (χ1n) is 50.0. The monoisotopic (exact) mass is 2220 g/mol. The molecular weight excluding hydrogens is 2100 g/mol. The van der Waals surface area contributed by atoms with Crippen LogP contribution in [-0.4, -0.2) is 133 Å². The van der Waals surface area contributed by atoms with E-state index in [1.54, 1.807) is 22.7 Å². The van der Waals surface area contributed by atoms with E-state index in [4.69, 9.17) is 130 Å². The van der Waals surface area contributed by atoms with Crippen LogP contribution in [0.5, 0.6) is 0 Å². The second-order valence-electron chi connectivity index (χ2n) is 37.3. The van der Waals surface area contributed by atoms with E-state index in [1.807, 2.05) is 133 Å². The molecule has 16 nitrogen and oxygen atoms in total. The van der Waals surface area contributed by atoms with Crippen LogP contribution < -0.4 is 44.2 Å². The van der Waals surface area contributed by atoms with Crippen molar-refractivity contribution in [2.45, 2.75) is 128 Å². The third-order valence-corrected chi connectivity index (χ3v) is 40.6. The molecule has 0 radical (unpaired) electrons. The van der Waals surface area contributed by atoms with Crippen molar-refractivity contribution in [2.75, 3.05) is 133 Å². The van der Waals surface area contributed by atoms with E-state index in [-0.39, 0.29) is 48.8 Å². The molecule has 12 N–H and O–H groups in total. The summed E-state index contributed by atoms with van der Waals surface area (Å²) in [5.74, 6) is 0. The number of aryl methyl sites for hydroxylation is 4. The predicted octanol–water partition coefficient (Wildman–Crippen LogP) is 29.3. The molecule has 0 amide bonds. The highest BCUT2D eigenvalue weighted by molar-refractivity contribution is 7.22. The summed E-state index contributed by atoms with van der Waals surface area (Å²) in [7, 11) is 7.86. The van der Waals surface area contributed by atoms with Crippen LogP contribution in [0.15, 0.2) is 182 Å². The molecule has 8 aliphatic rings. The quantitative estimate of drug-likeness (QED) is 0.0507. The maximum absolute atomic E-state index is 6.37. The van der Waals surface area contributed by atoms with E-state index in [0.29, 0.717) is 46.3 Å². The fraction of sp³-hybridized carbons (Fsp3) is 0.345. The highest BCUT2D eigenvalue weighted by atomic mass is 35.5. The van der Waals surface area contributed by atoms with Gasteiger partial charge in [0.1, 0.15) is 0 Å². The molecule has 16 heterocycles. The molecule has 0 fully saturated rings. The van der Waals surface area contributed by atoms with Crippen molar-refractivity contribution in [3.05, 3.63) is 318 Å². The SMILES string of the molecule is CNCC1OCCc2sc3c(C)cccc3c21.CNCC1OCCc2sc3cc(C)c(Cl)cc3c21.CNCC1OCCc2sc3ccc(-c4ccccc4)cc3c21.CNCC1OCCc2sc3ccc(Cl)c(Cl)c3c21.Cc1cc2sc3c(c2cc1Cl)C(CN)OCC3.Cc1cccc2c3c(sc12)CCOC3CN.NCC1OCCc2sc3ccc(-c4ccccc4)cc3c21.NCC1OCCc2sc3ccc(Cl)c(Cl)c3c21. The van der Waals surface area contributed by atoms with Crippen LogP contribution in [0.4, 0.5) is 0 Å². The number of halogens is 6. The first-order chi connectivity index (χ1) is 71.2. The van der Waals surface area contributed by atoms with E-state index < -0.39 is 0 Å². The van der Waals surface area contributed by atoms with Crippen molar-refractivity contribution in [3.8, 4) is 22.3 Å². The number of thiophene rings is 8. The number of benzene rings is 10. The molecule has 8 unspecified atom stereocenters. The molecule has 8 atom stereocenters. The third kappa shape index (κ3) is 22.8. The van der Waals surface area contributed by atoms with E-state index in [0.717, 1.165) is 173 Å². The lowest BCUT2D eigenvalue weighted by molar-refractivity contribution is 0.0460. The van der Waals surface area contributed by atoms with Gasteiger partial charge in [-0.3, -0.25) is 0 Å². The average molecular weight is 2230 g/mol. The van der Waals surface area contributed by atoms with Crippen LogP contribution >= 0.6 is 160 Å². The Balaban J connectivity index is 0.000000105. The summed E-state index contributed by atoms with van der Waals surface area (Å²) in [4.78, 5) is 11.5. The van der Waals surface area contributed by atoms with E-state index >= 15 is 0 Å². The number of nitrogens with one attached hydrogen (secondary N) is 4. The van der Waals surface area contributed by atoms with Gasteiger partial charge < -0.3 is 82.1 Å². The largest absolute Gasteiger partial charge is 0.372 e. The van der Waals surface area contributed by atoms with Gasteiger partial charge in [-0.1, -0.05) is 179 Å². The summed E-state index contributed by atoms with van der Waals surface area (Å²) in [6.07, 6.45) is 8.79. The summed E-state index contributed by atoms with van der Waals surface area (Å²) in [5, 5.41) is 27.0. The average Bonchev–Trinajstić information content (AvgIpc) is 1.55. The van der Waals surface area contributed by atoms with Crippen molar-refractivity contribution in [1.29, 1.82) is 0 Å². The number of rotatable bonds is 14. The Bertz CT molecular complexity index is 7670. The number of likely N-dealkylation sites (N-methyl/N-ethyl adjacent to an activating group) is 4. The number of ether oxygens (including phenoxy) is 8. The molecule has 8 aromatic heterocycles. The lowest BCUT2D eigenvalue weighted by atomic mass is 9.98. The Labute approximate surface area is 915 Å². The minimum atomic E-state index is -0.0523. The standard InChI is InChI=1S/C19H19NOS.C18H17NOS.C14H16ClNOS.C14H17NOS.C13H13Cl2NOS.C13H14ClNOS.C13H15NOS.C12H11Cl2NOS/c1-20-12-16-19-15-11-14(13-5-3-2-4-6-13)7-8-17(15)22-18(19)9-10-21-16;19-11-15-18-14-10-13(12-4-2-1-3-5-12)6-7-16(14)21-17(18)8-9-20-15;1-8-5-13-9(6-10(8)15)14-11(7-16-2)17-4-3-12(14)18-13;1-9-4-3-5-10-13-11(8-15-2)16-7-6-12(13)17-14(9)10;1-16-6-8-11-10(4-5-17-8)18-9-3-2-7(14)13(15)12(9)11;1-7-4-12-8(5-9(7)14)13-10(6-15)16-3-2-11(13)17-12;1-8-3-2-4-9-12-10(7-14)15-6-5-11(12)16-13(8)9;13-6-1-2-8-11(12(6)14)10-7(5-15)16-4-3-9(10)17-8/h2-8,11,16,20H,9-10,12H2,1H3;1-7,10,15H,8-9,11,19H2;5-6,11,16H,3-4,7H2,1-2H3;3-5,11,15H,6-8H2,1-2H3;2-3,8,16H,4-6H2,1H3;4-5,10H,2-3,6,15H2,1H3;2-4,10H,5-7,14H2,1H3;1-2,7H,3-5,15H2. The Morgan fingerprint density at radius 1 is 0.247 bits per heavy atom. The fourth-order valence-electron chi connectivity index (χ4n) is 21.0. The minimum absolute atomic E-state index is 0.0336. The zero-order chi connectivity index (χ0) is 102. The molecule has 0 spiro atoms. The molecule has 146 heavy (non-hydrogen) atoms. The number of fused-ring (bicyclic) bond motifs is 24. The minimum Gasteiger partial charge on any atom is -0.372 e. The van der Waals surface area contributed by atoms with Gasteiger partial charge >= 0.3 is 0 Å². The predicted molar refractivity (Wildman–Crippen MR) is 626 cm³/mol. The fourth-order valence-corrected chi connectivity index (χ4v) is 32.5. The van der Waals surface area contributed by atoms with Gasteiger partial charge in [0.25, 0.3) is 0 Å². The molecule has 8 aliphatic heterocycles. The molecule has 0 aliphatic carbocycles.